The first kappa shape index (κ1) is 12.1. The second kappa shape index (κ2) is 4.85. The number of nitrogens with zero attached hydrogens (tertiary/aromatic N) is 2. The van der Waals surface area contributed by atoms with Crippen molar-refractivity contribution in [1.82, 2.24) is 15.1 Å². The number of H-pyrrole nitrogens is 1. The number of nitrogens with two attached hydrogens (primary N) is 1. The number of morpholine rings is 1. The molecule has 2 heterocycles. The van der Waals surface area contributed by atoms with Crippen LogP contribution in [0.25, 0.3) is 0 Å². The summed E-state index contributed by atoms with van der Waals surface area (Å²) in [4.78, 5) is 13.9. The van der Waals surface area contributed by atoms with Gasteiger partial charge in [0.1, 0.15) is 5.69 Å². The number of rotatable bonds is 2. The number of aromatic nitrogens is 2. The predicted octanol–water partition coefficient (Wildman–Crippen LogP) is -0.0937. The first-order chi connectivity index (χ1) is 8.08. The molecule has 0 aliphatic carbocycles. The first-order valence-corrected chi connectivity index (χ1v) is 5.76. The Bertz CT molecular complexity index is 402. The Morgan fingerprint density at radius 2 is 2.53 bits per heavy atom. The van der Waals surface area contributed by atoms with Gasteiger partial charge in [-0.3, -0.25) is 9.89 Å². The molecule has 1 aliphatic heterocycles. The van der Waals surface area contributed by atoms with E-state index >= 15 is 0 Å². The van der Waals surface area contributed by atoms with Crippen molar-refractivity contribution in [3.8, 4) is 0 Å². The van der Waals surface area contributed by atoms with E-state index in [1.54, 1.807) is 11.0 Å². The third-order valence-electron chi connectivity index (χ3n) is 2.89. The number of hydrogen-bond acceptors (Lipinski definition) is 4. The fourth-order valence-electron chi connectivity index (χ4n) is 1.87. The fraction of sp³-hybridized carbons (Fsp3) is 0.636. The van der Waals surface area contributed by atoms with Crippen LogP contribution in [0.4, 0.5) is 0 Å². The third-order valence-corrected chi connectivity index (χ3v) is 2.89. The van der Waals surface area contributed by atoms with Gasteiger partial charge >= 0.3 is 0 Å². The summed E-state index contributed by atoms with van der Waals surface area (Å²) in [6.07, 6.45) is -0.0901. The Hall–Kier alpha value is -1.40. The summed E-state index contributed by atoms with van der Waals surface area (Å²) in [5, 5.41) is 6.74. The average molecular weight is 238 g/mol. The quantitative estimate of drug-likeness (QED) is 0.754. The van der Waals surface area contributed by atoms with Crippen molar-refractivity contribution < 1.29 is 9.53 Å². The molecule has 1 aliphatic rings. The van der Waals surface area contributed by atoms with Crippen LogP contribution in [0.5, 0.6) is 0 Å². The van der Waals surface area contributed by atoms with Gasteiger partial charge in [0.25, 0.3) is 5.91 Å². The van der Waals surface area contributed by atoms with Gasteiger partial charge in [0.15, 0.2) is 0 Å². The molecule has 0 bridgehead atoms. The maximum Gasteiger partial charge on any atom is 0.274 e. The van der Waals surface area contributed by atoms with Crippen molar-refractivity contribution in [3.05, 3.63) is 17.5 Å². The van der Waals surface area contributed by atoms with Crippen LogP contribution in [0.15, 0.2) is 6.07 Å². The molecule has 0 radical (unpaired) electrons. The number of carbonyl (C=O) groups excluding carboxylic acids is 1. The molecule has 0 saturated carbocycles. The average Bonchev–Trinajstić information content (AvgIpc) is 2.75. The van der Waals surface area contributed by atoms with Crippen molar-refractivity contribution in [2.75, 3.05) is 19.7 Å². The normalized spacial score (nSPS) is 22.5. The van der Waals surface area contributed by atoms with Gasteiger partial charge in [0.2, 0.25) is 0 Å². The highest BCUT2D eigenvalue weighted by Gasteiger charge is 2.28. The smallest absolute Gasteiger partial charge is 0.274 e. The van der Waals surface area contributed by atoms with Gasteiger partial charge < -0.3 is 15.4 Å². The van der Waals surface area contributed by atoms with E-state index in [4.69, 9.17) is 10.5 Å². The fourth-order valence-corrected chi connectivity index (χ4v) is 1.87. The van der Waals surface area contributed by atoms with Gasteiger partial charge in [0, 0.05) is 24.8 Å². The number of hydrogen-bond donors (Lipinski definition) is 2. The minimum Gasteiger partial charge on any atom is -0.373 e. The maximum atomic E-state index is 12.1. The van der Waals surface area contributed by atoms with Crippen LogP contribution < -0.4 is 5.73 Å². The molecule has 0 aromatic carbocycles. The molecule has 2 atom stereocenters. The second-order valence-electron chi connectivity index (χ2n) is 4.46. The minimum absolute atomic E-state index is 0.0664. The molecule has 17 heavy (non-hydrogen) atoms. The van der Waals surface area contributed by atoms with Crippen LogP contribution in [0.1, 0.15) is 23.1 Å². The molecule has 1 aromatic rings. The number of amides is 1. The Morgan fingerprint density at radius 3 is 3.12 bits per heavy atom. The Morgan fingerprint density at radius 1 is 1.76 bits per heavy atom. The summed E-state index contributed by atoms with van der Waals surface area (Å²) >= 11 is 0. The van der Waals surface area contributed by atoms with E-state index in [1.807, 2.05) is 13.8 Å². The van der Waals surface area contributed by atoms with Crippen LogP contribution >= 0.6 is 0 Å². The topological polar surface area (TPSA) is 84.2 Å². The zero-order chi connectivity index (χ0) is 12.4. The molecule has 1 aromatic heterocycles. The van der Waals surface area contributed by atoms with Crippen LogP contribution in [0, 0.1) is 6.92 Å². The molecule has 1 amide bonds. The number of aromatic amines is 1. The van der Waals surface area contributed by atoms with E-state index < -0.39 is 0 Å². The van der Waals surface area contributed by atoms with Crippen molar-refractivity contribution in [1.29, 1.82) is 0 Å². The molecule has 6 heteroatoms. The van der Waals surface area contributed by atoms with Crippen molar-refractivity contribution in [2.45, 2.75) is 26.0 Å². The molecule has 6 nitrogen and oxygen atoms in total. The summed E-state index contributed by atoms with van der Waals surface area (Å²) in [6, 6.07) is 1.67. The molecule has 1 saturated heterocycles. The van der Waals surface area contributed by atoms with Crippen molar-refractivity contribution in [3.63, 3.8) is 0 Å². The van der Waals surface area contributed by atoms with Crippen LogP contribution in [-0.4, -0.2) is 52.8 Å². The molecule has 3 N–H and O–H groups in total. The Kier molecular flexibility index (Phi) is 3.44. The summed E-state index contributed by atoms with van der Waals surface area (Å²) < 4.78 is 5.51. The Labute approximate surface area is 100 Å². The third kappa shape index (κ3) is 2.65. The largest absolute Gasteiger partial charge is 0.373 e. The van der Waals surface area contributed by atoms with Gasteiger partial charge in [-0.1, -0.05) is 0 Å². The molecular weight excluding hydrogens is 220 g/mol. The van der Waals surface area contributed by atoms with E-state index in [2.05, 4.69) is 10.2 Å². The highest BCUT2D eigenvalue weighted by molar-refractivity contribution is 5.92. The zero-order valence-corrected chi connectivity index (χ0v) is 10.1. The van der Waals surface area contributed by atoms with Gasteiger partial charge in [-0.25, -0.2) is 0 Å². The summed E-state index contributed by atoms with van der Waals surface area (Å²) in [5.41, 5.74) is 7.12. The van der Waals surface area contributed by atoms with E-state index in [0.717, 1.165) is 5.69 Å². The standard InChI is InChI=1S/C11H18N4O2/c1-7-5-9(14-13-7)11(16)15-3-4-17-10(6-15)8(2)12/h5,8,10H,3-4,6,12H2,1-2H3,(H,13,14). The molecule has 94 valence electrons. The number of ether oxygens (including phenoxy) is 1. The van der Waals surface area contributed by atoms with Crippen LogP contribution in [-0.2, 0) is 4.74 Å². The zero-order valence-electron chi connectivity index (χ0n) is 10.1. The highest BCUT2D eigenvalue weighted by atomic mass is 16.5. The lowest BCUT2D eigenvalue weighted by molar-refractivity contribution is -0.0301. The lowest BCUT2D eigenvalue weighted by atomic mass is 10.1. The summed E-state index contributed by atoms with van der Waals surface area (Å²) in [7, 11) is 0. The molecule has 2 rings (SSSR count). The summed E-state index contributed by atoms with van der Waals surface area (Å²) in [6.45, 7) is 5.41. The maximum absolute atomic E-state index is 12.1. The van der Waals surface area contributed by atoms with Crippen molar-refractivity contribution >= 4 is 5.91 Å². The van der Waals surface area contributed by atoms with Gasteiger partial charge in [-0.2, -0.15) is 5.10 Å². The molecular formula is C11H18N4O2. The minimum atomic E-state index is -0.0901. The van der Waals surface area contributed by atoms with Crippen LogP contribution in [0.3, 0.4) is 0 Å². The van der Waals surface area contributed by atoms with Gasteiger partial charge in [-0.15, -0.1) is 0 Å². The molecule has 2 unspecified atom stereocenters. The van der Waals surface area contributed by atoms with Crippen LogP contribution in [0.2, 0.25) is 0 Å². The first-order valence-electron chi connectivity index (χ1n) is 5.76. The Balaban J connectivity index is 2.04. The molecule has 1 fully saturated rings. The number of carbonyl (C=O) groups is 1. The number of aryl methyl sites for hydroxylation is 1. The van der Waals surface area contributed by atoms with E-state index in [1.165, 1.54) is 0 Å². The van der Waals surface area contributed by atoms with Gasteiger partial charge in [0.05, 0.1) is 12.7 Å². The SMILES string of the molecule is Cc1cc(C(=O)N2CCOC(C(C)N)C2)n[nH]1. The monoisotopic (exact) mass is 238 g/mol. The van der Waals surface area contributed by atoms with E-state index in [9.17, 15) is 4.79 Å². The van der Waals surface area contributed by atoms with E-state index in [-0.39, 0.29) is 18.1 Å². The van der Waals surface area contributed by atoms with Crippen molar-refractivity contribution in [2.24, 2.45) is 5.73 Å². The lowest BCUT2D eigenvalue weighted by Crippen LogP contribution is -2.51. The highest BCUT2D eigenvalue weighted by Crippen LogP contribution is 2.11. The second-order valence-corrected chi connectivity index (χ2v) is 4.46. The molecule has 0 spiro atoms. The van der Waals surface area contributed by atoms with E-state index in [0.29, 0.717) is 25.4 Å². The number of nitrogens with one attached hydrogen (secondary N) is 1. The van der Waals surface area contributed by atoms with Gasteiger partial charge in [-0.05, 0) is 19.9 Å². The summed E-state index contributed by atoms with van der Waals surface area (Å²) in [5.74, 6) is -0.0664. The lowest BCUT2D eigenvalue weighted by Gasteiger charge is -2.34. The predicted molar refractivity (Wildman–Crippen MR) is 62.6 cm³/mol.